The van der Waals surface area contributed by atoms with Gasteiger partial charge in [-0.05, 0) is 29.7 Å². The summed E-state index contributed by atoms with van der Waals surface area (Å²) in [6.07, 6.45) is 1.23. The molecule has 2 aromatic carbocycles. The predicted octanol–water partition coefficient (Wildman–Crippen LogP) is 3.59. The normalized spacial score (nSPS) is 10.2. The lowest BCUT2D eigenvalue weighted by Gasteiger charge is -2.05. The van der Waals surface area contributed by atoms with Gasteiger partial charge in [0.2, 0.25) is 5.91 Å². The van der Waals surface area contributed by atoms with Crippen LogP contribution < -0.4 is 5.32 Å². The van der Waals surface area contributed by atoms with Crippen molar-refractivity contribution in [2.45, 2.75) is 19.4 Å². The number of carbonyl (C=O) groups excluding carboxylic acids is 1. The Bertz CT molecular complexity index is 522. The number of benzene rings is 2. The molecule has 0 aliphatic carbocycles. The van der Waals surface area contributed by atoms with Gasteiger partial charge in [-0.15, -0.1) is 0 Å². The molecule has 2 rings (SSSR count). The molecule has 0 fully saturated rings. The van der Waals surface area contributed by atoms with E-state index in [1.807, 2.05) is 54.6 Å². The van der Waals surface area contributed by atoms with Gasteiger partial charge in [-0.3, -0.25) is 4.79 Å². The first-order valence-corrected chi connectivity index (χ1v) is 6.67. The molecule has 0 radical (unpaired) electrons. The standard InChI is InChI=1S/C16H16ClNO/c17-15-9-6-13(7-10-15)8-11-16(19)18-12-14-4-2-1-3-5-14/h1-7,9-10H,8,11-12H2,(H,18,19). The zero-order valence-corrected chi connectivity index (χ0v) is 11.4. The van der Waals surface area contributed by atoms with Crippen LogP contribution in [0.3, 0.4) is 0 Å². The first-order chi connectivity index (χ1) is 9.24. The SMILES string of the molecule is O=C(CCc1ccc(Cl)cc1)NCc1ccccc1. The van der Waals surface area contributed by atoms with Crippen LogP contribution in [0.25, 0.3) is 0 Å². The molecule has 0 heterocycles. The van der Waals surface area contributed by atoms with E-state index in [0.29, 0.717) is 13.0 Å². The van der Waals surface area contributed by atoms with Crippen LogP contribution >= 0.6 is 11.6 Å². The second-order valence-corrected chi connectivity index (χ2v) is 4.83. The van der Waals surface area contributed by atoms with Gasteiger partial charge in [0, 0.05) is 18.0 Å². The van der Waals surface area contributed by atoms with Crippen molar-refractivity contribution in [3.8, 4) is 0 Å². The van der Waals surface area contributed by atoms with Crippen molar-refractivity contribution in [2.24, 2.45) is 0 Å². The van der Waals surface area contributed by atoms with Gasteiger partial charge in [0.15, 0.2) is 0 Å². The van der Waals surface area contributed by atoms with Crippen molar-refractivity contribution in [2.75, 3.05) is 0 Å². The van der Waals surface area contributed by atoms with E-state index in [4.69, 9.17) is 11.6 Å². The molecule has 0 unspecified atom stereocenters. The molecule has 0 bridgehead atoms. The molecule has 98 valence electrons. The number of halogens is 1. The summed E-state index contributed by atoms with van der Waals surface area (Å²) >= 11 is 5.81. The first kappa shape index (κ1) is 13.6. The van der Waals surface area contributed by atoms with Gasteiger partial charge in [-0.2, -0.15) is 0 Å². The quantitative estimate of drug-likeness (QED) is 0.886. The lowest BCUT2D eigenvalue weighted by molar-refractivity contribution is -0.121. The number of aryl methyl sites for hydroxylation is 1. The highest BCUT2D eigenvalue weighted by Gasteiger charge is 2.02. The van der Waals surface area contributed by atoms with Gasteiger partial charge in [0.05, 0.1) is 0 Å². The predicted molar refractivity (Wildman–Crippen MR) is 78.1 cm³/mol. The van der Waals surface area contributed by atoms with Crippen LogP contribution in [0.5, 0.6) is 0 Å². The molecule has 0 spiro atoms. The molecule has 2 aromatic rings. The third-order valence-electron chi connectivity index (χ3n) is 2.89. The molecule has 1 amide bonds. The molecule has 3 heteroatoms. The Labute approximate surface area is 118 Å². The Balaban J connectivity index is 1.74. The van der Waals surface area contributed by atoms with Crippen LogP contribution in [-0.2, 0) is 17.8 Å². The van der Waals surface area contributed by atoms with E-state index in [2.05, 4.69) is 5.32 Å². The summed E-state index contributed by atoms with van der Waals surface area (Å²) in [6, 6.07) is 17.5. The van der Waals surface area contributed by atoms with Gasteiger partial charge >= 0.3 is 0 Å². The van der Waals surface area contributed by atoms with Crippen LogP contribution in [0.2, 0.25) is 5.02 Å². The van der Waals surface area contributed by atoms with Gasteiger partial charge < -0.3 is 5.32 Å². The van der Waals surface area contributed by atoms with Crippen molar-refractivity contribution < 1.29 is 4.79 Å². The van der Waals surface area contributed by atoms with Gasteiger partial charge in [0.1, 0.15) is 0 Å². The lowest BCUT2D eigenvalue weighted by Crippen LogP contribution is -2.22. The van der Waals surface area contributed by atoms with Crippen molar-refractivity contribution in [1.82, 2.24) is 5.32 Å². The van der Waals surface area contributed by atoms with E-state index in [0.717, 1.165) is 22.6 Å². The second kappa shape index (κ2) is 6.95. The Morgan fingerprint density at radius 2 is 1.63 bits per heavy atom. The highest BCUT2D eigenvalue weighted by Crippen LogP contribution is 2.10. The third kappa shape index (κ3) is 4.76. The smallest absolute Gasteiger partial charge is 0.220 e. The maximum atomic E-state index is 11.7. The van der Waals surface area contributed by atoms with E-state index < -0.39 is 0 Å². The number of carbonyl (C=O) groups is 1. The van der Waals surface area contributed by atoms with Crippen LogP contribution in [0, 0.1) is 0 Å². The summed E-state index contributed by atoms with van der Waals surface area (Å²) in [5.74, 6) is 0.0683. The molecule has 0 aliphatic rings. The van der Waals surface area contributed by atoms with E-state index in [-0.39, 0.29) is 5.91 Å². The van der Waals surface area contributed by atoms with Crippen molar-refractivity contribution in [3.63, 3.8) is 0 Å². The molecule has 0 aromatic heterocycles. The number of hydrogen-bond donors (Lipinski definition) is 1. The largest absolute Gasteiger partial charge is 0.352 e. The third-order valence-corrected chi connectivity index (χ3v) is 3.14. The van der Waals surface area contributed by atoms with Gasteiger partial charge in [-0.25, -0.2) is 0 Å². The summed E-state index contributed by atoms with van der Waals surface area (Å²) in [6.45, 7) is 0.584. The second-order valence-electron chi connectivity index (χ2n) is 4.39. The minimum Gasteiger partial charge on any atom is -0.352 e. The van der Waals surface area contributed by atoms with Crippen molar-refractivity contribution >= 4 is 17.5 Å². The summed E-state index contributed by atoms with van der Waals surface area (Å²) in [4.78, 5) is 11.7. The van der Waals surface area contributed by atoms with Crippen LogP contribution in [-0.4, -0.2) is 5.91 Å². The zero-order valence-electron chi connectivity index (χ0n) is 10.6. The number of nitrogens with one attached hydrogen (secondary N) is 1. The number of rotatable bonds is 5. The molecule has 1 N–H and O–H groups in total. The van der Waals surface area contributed by atoms with Crippen LogP contribution in [0.15, 0.2) is 54.6 Å². The van der Waals surface area contributed by atoms with Crippen LogP contribution in [0.1, 0.15) is 17.5 Å². The van der Waals surface area contributed by atoms with E-state index in [1.165, 1.54) is 0 Å². The van der Waals surface area contributed by atoms with E-state index >= 15 is 0 Å². The Morgan fingerprint density at radius 3 is 2.32 bits per heavy atom. The Kier molecular flexibility index (Phi) is 4.99. The number of amides is 1. The molecule has 0 saturated heterocycles. The lowest BCUT2D eigenvalue weighted by atomic mass is 10.1. The topological polar surface area (TPSA) is 29.1 Å². The van der Waals surface area contributed by atoms with E-state index in [9.17, 15) is 4.79 Å². The van der Waals surface area contributed by atoms with E-state index in [1.54, 1.807) is 0 Å². The maximum Gasteiger partial charge on any atom is 0.220 e. The summed E-state index contributed by atoms with van der Waals surface area (Å²) < 4.78 is 0. The molecule has 0 saturated carbocycles. The summed E-state index contributed by atoms with van der Waals surface area (Å²) in [5.41, 5.74) is 2.24. The first-order valence-electron chi connectivity index (χ1n) is 6.29. The Hall–Kier alpha value is -1.80. The monoisotopic (exact) mass is 273 g/mol. The average molecular weight is 274 g/mol. The highest BCUT2D eigenvalue weighted by atomic mass is 35.5. The molecule has 19 heavy (non-hydrogen) atoms. The molecular weight excluding hydrogens is 258 g/mol. The van der Waals surface area contributed by atoms with Gasteiger partial charge in [-0.1, -0.05) is 54.1 Å². The van der Waals surface area contributed by atoms with Crippen LogP contribution in [0.4, 0.5) is 0 Å². The highest BCUT2D eigenvalue weighted by molar-refractivity contribution is 6.30. The zero-order chi connectivity index (χ0) is 13.5. The molecular formula is C16H16ClNO. The number of hydrogen-bond acceptors (Lipinski definition) is 1. The summed E-state index contributed by atoms with van der Waals surface area (Å²) in [5, 5.41) is 3.64. The fourth-order valence-electron chi connectivity index (χ4n) is 1.79. The van der Waals surface area contributed by atoms with Crippen molar-refractivity contribution in [1.29, 1.82) is 0 Å². The maximum absolute atomic E-state index is 11.7. The van der Waals surface area contributed by atoms with Crippen molar-refractivity contribution in [3.05, 3.63) is 70.7 Å². The van der Waals surface area contributed by atoms with Gasteiger partial charge in [0.25, 0.3) is 0 Å². The minimum atomic E-state index is 0.0683. The summed E-state index contributed by atoms with van der Waals surface area (Å²) in [7, 11) is 0. The molecule has 0 aliphatic heterocycles. The fraction of sp³-hybridized carbons (Fsp3) is 0.188. The molecule has 0 atom stereocenters. The Morgan fingerprint density at radius 1 is 0.947 bits per heavy atom. The fourth-order valence-corrected chi connectivity index (χ4v) is 1.92. The minimum absolute atomic E-state index is 0.0683. The molecule has 2 nitrogen and oxygen atoms in total. The average Bonchev–Trinajstić information content (AvgIpc) is 2.45.